The maximum atomic E-state index is 11.9. The lowest BCUT2D eigenvalue weighted by molar-refractivity contribution is -0.142. The van der Waals surface area contributed by atoms with E-state index < -0.39 is 17.9 Å². The van der Waals surface area contributed by atoms with Gasteiger partial charge in [0.05, 0.1) is 5.92 Å². The van der Waals surface area contributed by atoms with Crippen molar-refractivity contribution in [1.29, 1.82) is 0 Å². The summed E-state index contributed by atoms with van der Waals surface area (Å²) in [6.45, 7) is 0. The third-order valence-electron chi connectivity index (χ3n) is 7.21. The third kappa shape index (κ3) is 6.13. The van der Waals surface area contributed by atoms with Gasteiger partial charge in [0.1, 0.15) is 17.4 Å². The van der Waals surface area contributed by atoms with Gasteiger partial charge in [-0.05, 0) is 62.1 Å². The normalized spacial score (nSPS) is 15.4. The molecule has 0 amide bonds. The van der Waals surface area contributed by atoms with Gasteiger partial charge in [0.2, 0.25) is 0 Å². The van der Waals surface area contributed by atoms with E-state index in [1.54, 1.807) is 0 Å². The van der Waals surface area contributed by atoms with Crippen molar-refractivity contribution in [1.82, 2.24) is 0 Å². The van der Waals surface area contributed by atoms with E-state index in [0.717, 1.165) is 73.7 Å². The number of fused-ring (bicyclic) bond motifs is 3. The van der Waals surface area contributed by atoms with Crippen molar-refractivity contribution in [3.05, 3.63) is 75.9 Å². The lowest BCUT2D eigenvalue weighted by Crippen LogP contribution is -2.16. The molecule has 4 rings (SSSR count). The van der Waals surface area contributed by atoms with Gasteiger partial charge >= 0.3 is 5.97 Å². The van der Waals surface area contributed by atoms with Gasteiger partial charge in [-0.3, -0.25) is 4.79 Å². The summed E-state index contributed by atoms with van der Waals surface area (Å²) < 4.78 is 6.13. The molecule has 5 nitrogen and oxygen atoms in total. The first-order valence-corrected chi connectivity index (χ1v) is 12.8. The standard InChI is InChI=1S/C29H35NO4/c31-29(32)23(14-8-2-1-5-11-21-12-6-3-7-13-21)19-26(30-33)22-17-18-25-24-15-9-4-10-16-27(24)34-28(25)20-22/h3,6-7,12-13,17-18,20,23,26H,1-2,4-5,8-11,14-16,19H2,(H,31,32)/t23-,26?/m0/s1. The summed E-state index contributed by atoms with van der Waals surface area (Å²) in [7, 11) is 0. The van der Waals surface area contributed by atoms with Crippen LogP contribution in [0.4, 0.5) is 0 Å². The van der Waals surface area contributed by atoms with Crippen molar-refractivity contribution in [2.45, 2.75) is 83.1 Å². The van der Waals surface area contributed by atoms with Crippen molar-refractivity contribution in [2.24, 2.45) is 11.1 Å². The Morgan fingerprint density at radius 3 is 2.56 bits per heavy atom. The molecule has 0 bridgehead atoms. The number of nitrogens with zero attached hydrogens (tertiary/aromatic N) is 1. The molecule has 1 aliphatic rings. The summed E-state index contributed by atoms with van der Waals surface area (Å²) in [5, 5.41) is 14.2. The van der Waals surface area contributed by atoms with Crippen LogP contribution in [-0.2, 0) is 24.1 Å². The molecule has 0 saturated heterocycles. The molecule has 1 aliphatic carbocycles. The molecule has 1 heterocycles. The number of aliphatic carboxylic acids is 1. The molecule has 0 radical (unpaired) electrons. The number of unbranched alkanes of at least 4 members (excludes halogenated alkanes) is 3. The Bertz CT molecular complexity index is 1090. The lowest BCUT2D eigenvalue weighted by Gasteiger charge is -2.16. The molecule has 5 heteroatoms. The van der Waals surface area contributed by atoms with Crippen LogP contribution in [0, 0.1) is 10.8 Å². The van der Waals surface area contributed by atoms with Gasteiger partial charge < -0.3 is 9.52 Å². The molecule has 0 saturated carbocycles. The molecule has 0 aliphatic heterocycles. The van der Waals surface area contributed by atoms with Gasteiger partial charge in [-0.1, -0.05) is 73.3 Å². The summed E-state index contributed by atoms with van der Waals surface area (Å²) in [4.78, 5) is 23.6. The average Bonchev–Trinajstić information content (AvgIpc) is 3.03. The van der Waals surface area contributed by atoms with E-state index in [1.165, 1.54) is 24.0 Å². The van der Waals surface area contributed by atoms with Crippen molar-refractivity contribution >= 4 is 16.9 Å². The van der Waals surface area contributed by atoms with Crippen molar-refractivity contribution in [3.63, 3.8) is 0 Å². The van der Waals surface area contributed by atoms with E-state index in [2.05, 4.69) is 29.4 Å². The van der Waals surface area contributed by atoms with Crippen LogP contribution in [-0.4, -0.2) is 11.1 Å². The fourth-order valence-corrected chi connectivity index (χ4v) is 5.23. The number of aryl methyl sites for hydroxylation is 3. The topological polar surface area (TPSA) is 79.9 Å². The summed E-state index contributed by atoms with van der Waals surface area (Å²) >= 11 is 0. The highest BCUT2D eigenvalue weighted by Gasteiger charge is 2.25. The maximum absolute atomic E-state index is 11.9. The molecule has 0 fully saturated rings. The van der Waals surface area contributed by atoms with E-state index in [-0.39, 0.29) is 6.42 Å². The van der Waals surface area contributed by atoms with Crippen LogP contribution in [0.1, 0.15) is 86.3 Å². The minimum atomic E-state index is -0.844. The molecule has 3 aromatic rings. The summed E-state index contributed by atoms with van der Waals surface area (Å²) in [6.07, 6.45) is 11.4. The average molecular weight is 462 g/mol. The number of carboxylic acid groups (broad SMARTS) is 1. The molecule has 180 valence electrons. The van der Waals surface area contributed by atoms with Crippen LogP contribution in [0.25, 0.3) is 11.0 Å². The zero-order valence-electron chi connectivity index (χ0n) is 19.9. The summed E-state index contributed by atoms with van der Waals surface area (Å²) in [6, 6.07) is 15.6. The number of furan rings is 1. The first-order valence-electron chi connectivity index (χ1n) is 12.8. The van der Waals surface area contributed by atoms with E-state index in [1.807, 2.05) is 24.3 Å². The van der Waals surface area contributed by atoms with Crippen LogP contribution in [0.5, 0.6) is 0 Å². The number of rotatable bonds is 12. The number of hydrogen-bond donors (Lipinski definition) is 1. The Morgan fingerprint density at radius 1 is 0.971 bits per heavy atom. The first-order chi connectivity index (χ1) is 16.7. The molecular formula is C29H35NO4. The van der Waals surface area contributed by atoms with Gasteiger partial charge in [0.25, 0.3) is 0 Å². The highest BCUT2D eigenvalue weighted by molar-refractivity contribution is 5.83. The van der Waals surface area contributed by atoms with Gasteiger partial charge in [-0.25, -0.2) is 0 Å². The molecule has 2 aromatic carbocycles. The second-order valence-electron chi connectivity index (χ2n) is 9.65. The van der Waals surface area contributed by atoms with E-state index >= 15 is 0 Å². The largest absolute Gasteiger partial charge is 0.481 e. The van der Waals surface area contributed by atoms with Gasteiger partial charge in [0, 0.05) is 17.4 Å². The Kier molecular flexibility index (Phi) is 8.51. The predicted octanol–water partition coefficient (Wildman–Crippen LogP) is 7.79. The Hall–Kier alpha value is -2.95. The van der Waals surface area contributed by atoms with Crippen LogP contribution in [0.15, 0.2) is 58.1 Å². The minimum Gasteiger partial charge on any atom is -0.481 e. The molecular weight excluding hydrogens is 426 g/mol. The number of benzene rings is 2. The Balaban J connectivity index is 1.32. The Labute approximate surface area is 201 Å². The monoisotopic (exact) mass is 461 g/mol. The van der Waals surface area contributed by atoms with Gasteiger partial charge in [-0.2, -0.15) is 4.91 Å². The van der Waals surface area contributed by atoms with E-state index in [4.69, 9.17) is 4.42 Å². The van der Waals surface area contributed by atoms with E-state index in [9.17, 15) is 14.8 Å². The van der Waals surface area contributed by atoms with Crippen LogP contribution in [0.3, 0.4) is 0 Å². The van der Waals surface area contributed by atoms with Gasteiger partial charge in [0.15, 0.2) is 0 Å². The quantitative estimate of drug-likeness (QED) is 0.169. The van der Waals surface area contributed by atoms with Crippen molar-refractivity contribution < 1.29 is 14.3 Å². The minimum absolute atomic E-state index is 0.231. The number of carboxylic acids is 1. The first kappa shape index (κ1) is 24.2. The number of nitroso groups, excluding NO2 is 1. The molecule has 1 aromatic heterocycles. The number of carbonyl (C=O) groups is 1. The SMILES string of the molecule is O=NC(C[C@H](CCCCCCc1ccccc1)C(=O)O)c1ccc2c3c(oc2c1)CCCCC3. The fourth-order valence-electron chi connectivity index (χ4n) is 5.23. The van der Waals surface area contributed by atoms with Crippen LogP contribution in [0.2, 0.25) is 0 Å². The lowest BCUT2D eigenvalue weighted by atomic mass is 9.90. The molecule has 2 atom stereocenters. The Morgan fingerprint density at radius 2 is 1.76 bits per heavy atom. The second kappa shape index (κ2) is 12.0. The zero-order valence-corrected chi connectivity index (χ0v) is 19.9. The fraction of sp³-hybridized carbons (Fsp3) is 0.483. The smallest absolute Gasteiger partial charge is 0.306 e. The van der Waals surface area contributed by atoms with Crippen molar-refractivity contribution in [2.75, 3.05) is 0 Å². The van der Waals surface area contributed by atoms with Crippen LogP contribution >= 0.6 is 0 Å². The molecule has 1 unspecified atom stereocenters. The van der Waals surface area contributed by atoms with E-state index in [0.29, 0.717) is 6.42 Å². The summed E-state index contributed by atoms with van der Waals surface area (Å²) in [5.74, 6) is -0.347. The zero-order chi connectivity index (χ0) is 23.8. The van der Waals surface area contributed by atoms with Gasteiger partial charge in [-0.15, -0.1) is 0 Å². The maximum Gasteiger partial charge on any atom is 0.306 e. The third-order valence-corrected chi connectivity index (χ3v) is 7.21. The predicted molar refractivity (Wildman–Crippen MR) is 135 cm³/mol. The molecule has 34 heavy (non-hydrogen) atoms. The highest BCUT2D eigenvalue weighted by atomic mass is 16.4. The highest BCUT2D eigenvalue weighted by Crippen LogP contribution is 2.35. The number of hydrogen-bond acceptors (Lipinski definition) is 4. The van der Waals surface area contributed by atoms with Crippen LogP contribution < -0.4 is 0 Å². The molecule has 1 N–H and O–H groups in total. The summed E-state index contributed by atoms with van der Waals surface area (Å²) in [5.41, 5.74) is 4.19. The second-order valence-corrected chi connectivity index (χ2v) is 9.65. The molecule has 0 spiro atoms. The van der Waals surface area contributed by atoms with Crippen molar-refractivity contribution in [3.8, 4) is 0 Å².